The second kappa shape index (κ2) is 7.80. The monoisotopic (exact) mass is 409 g/mol. The van der Waals surface area contributed by atoms with Crippen LogP contribution < -0.4 is 10.1 Å². The molecule has 20 heavy (non-hydrogen) atoms. The molecule has 5 nitrogen and oxygen atoms in total. The molecule has 0 amide bonds. The molecule has 0 aliphatic heterocycles. The van der Waals surface area contributed by atoms with Crippen LogP contribution in [0.25, 0.3) is 11.5 Å². The smallest absolute Gasteiger partial charge is 0.258 e. The minimum Gasteiger partial charge on any atom is -0.497 e. The summed E-state index contributed by atoms with van der Waals surface area (Å²) in [5, 5.41) is 7.15. The lowest BCUT2D eigenvalue weighted by Gasteiger charge is -2.05. The van der Waals surface area contributed by atoms with Gasteiger partial charge >= 0.3 is 0 Å². The van der Waals surface area contributed by atoms with Gasteiger partial charge in [0.25, 0.3) is 5.89 Å². The number of ether oxygens (including phenoxy) is 1. The van der Waals surface area contributed by atoms with Crippen molar-refractivity contribution in [2.45, 2.75) is 19.4 Å². The number of nitrogens with zero attached hydrogens (tertiary/aromatic N) is 2. The van der Waals surface area contributed by atoms with E-state index in [1.54, 1.807) is 7.11 Å². The van der Waals surface area contributed by atoms with E-state index in [0.29, 0.717) is 17.8 Å². The lowest BCUT2D eigenvalue weighted by Crippen LogP contribution is -2.24. The van der Waals surface area contributed by atoms with Crippen LogP contribution in [0.4, 0.5) is 0 Å². The van der Waals surface area contributed by atoms with Gasteiger partial charge in [0.15, 0.2) is 5.82 Å². The van der Waals surface area contributed by atoms with Crippen molar-refractivity contribution >= 4 is 35.0 Å². The molecular formula is C13H17ClIN3O2. The average Bonchev–Trinajstić information content (AvgIpc) is 2.86. The van der Waals surface area contributed by atoms with Gasteiger partial charge in [-0.25, -0.2) is 0 Å². The first-order valence-electron chi connectivity index (χ1n) is 5.97. The van der Waals surface area contributed by atoms with Crippen LogP contribution in [0.1, 0.15) is 12.7 Å². The van der Waals surface area contributed by atoms with E-state index in [1.165, 1.54) is 0 Å². The van der Waals surface area contributed by atoms with E-state index < -0.39 is 0 Å². The Morgan fingerprint density at radius 3 is 2.80 bits per heavy atom. The fourth-order valence-electron chi connectivity index (χ4n) is 1.62. The zero-order valence-corrected chi connectivity index (χ0v) is 14.5. The van der Waals surface area contributed by atoms with Crippen LogP contribution in [-0.4, -0.2) is 30.3 Å². The van der Waals surface area contributed by atoms with Gasteiger partial charge in [0, 0.05) is 16.0 Å². The molecule has 110 valence electrons. The maximum Gasteiger partial charge on any atom is 0.258 e. The largest absolute Gasteiger partial charge is 0.497 e. The molecule has 1 aromatic heterocycles. The lowest BCUT2D eigenvalue weighted by atomic mass is 10.2. The molecule has 0 fully saturated rings. The minimum absolute atomic E-state index is 0. The van der Waals surface area contributed by atoms with E-state index in [2.05, 4.69) is 45.0 Å². The molecule has 1 atom stereocenters. The number of benzene rings is 1. The van der Waals surface area contributed by atoms with E-state index in [9.17, 15) is 0 Å². The molecule has 2 rings (SSSR count). The topological polar surface area (TPSA) is 60.2 Å². The van der Waals surface area contributed by atoms with Gasteiger partial charge in [-0.2, -0.15) is 4.98 Å². The molecule has 0 aliphatic rings. The highest BCUT2D eigenvalue weighted by Gasteiger charge is 2.13. The highest BCUT2D eigenvalue weighted by atomic mass is 127. The number of aromatic nitrogens is 2. The van der Waals surface area contributed by atoms with Gasteiger partial charge in [-0.05, 0) is 54.8 Å². The van der Waals surface area contributed by atoms with E-state index in [0.717, 1.165) is 21.3 Å². The second-order valence-corrected chi connectivity index (χ2v) is 5.42. The minimum atomic E-state index is 0. The maximum absolute atomic E-state index is 5.32. The first kappa shape index (κ1) is 17.2. The maximum atomic E-state index is 5.32. The molecule has 1 heterocycles. The van der Waals surface area contributed by atoms with Crippen LogP contribution in [0.3, 0.4) is 0 Å². The summed E-state index contributed by atoms with van der Waals surface area (Å²) in [4.78, 5) is 4.42. The Bertz CT molecular complexity index is 562. The Kier molecular flexibility index (Phi) is 6.70. The molecule has 0 aliphatic carbocycles. The van der Waals surface area contributed by atoms with Crippen LogP contribution in [0.5, 0.6) is 5.75 Å². The van der Waals surface area contributed by atoms with E-state index >= 15 is 0 Å². The van der Waals surface area contributed by atoms with Crippen molar-refractivity contribution < 1.29 is 9.26 Å². The third-order valence-electron chi connectivity index (χ3n) is 2.86. The Balaban J connectivity index is 0.00000200. The van der Waals surface area contributed by atoms with Gasteiger partial charge in [-0.3, -0.25) is 0 Å². The first-order chi connectivity index (χ1) is 9.13. The van der Waals surface area contributed by atoms with Gasteiger partial charge in [0.05, 0.1) is 12.7 Å². The summed E-state index contributed by atoms with van der Waals surface area (Å²) in [5.41, 5.74) is 0.928. The predicted molar refractivity (Wildman–Crippen MR) is 88.5 cm³/mol. The van der Waals surface area contributed by atoms with Crippen LogP contribution in [0.15, 0.2) is 22.7 Å². The molecular weight excluding hydrogens is 393 g/mol. The zero-order valence-electron chi connectivity index (χ0n) is 11.5. The van der Waals surface area contributed by atoms with E-state index in [4.69, 9.17) is 9.26 Å². The summed E-state index contributed by atoms with van der Waals surface area (Å²) in [5.74, 6) is 2.07. The van der Waals surface area contributed by atoms with E-state index in [-0.39, 0.29) is 12.4 Å². The van der Waals surface area contributed by atoms with Crippen molar-refractivity contribution in [3.8, 4) is 17.2 Å². The van der Waals surface area contributed by atoms with Crippen LogP contribution in [0.2, 0.25) is 0 Å². The molecule has 1 unspecified atom stereocenters. The van der Waals surface area contributed by atoms with Gasteiger partial charge < -0.3 is 14.6 Å². The summed E-state index contributed by atoms with van der Waals surface area (Å²) in [7, 11) is 3.56. The Morgan fingerprint density at radius 2 is 2.20 bits per heavy atom. The molecule has 7 heteroatoms. The van der Waals surface area contributed by atoms with Crippen molar-refractivity contribution in [3.63, 3.8) is 0 Å². The van der Waals surface area contributed by atoms with Crippen LogP contribution >= 0.6 is 35.0 Å². The molecule has 2 aromatic rings. The van der Waals surface area contributed by atoms with Gasteiger partial charge in [0.1, 0.15) is 5.75 Å². The molecule has 0 radical (unpaired) electrons. The number of halogens is 2. The Hall–Kier alpha value is -0.860. The molecule has 1 N–H and O–H groups in total. The Labute approximate surface area is 138 Å². The number of hydrogen-bond donors (Lipinski definition) is 1. The molecule has 0 bridgehead atoms. The predicted octanol–water partition coefficient (Wildman–Crippen LogP) is 2.92. The number of rotatable bonds is 5. The first-order valence-corrected chi connectivity index (χ1v) is 7.05. The standard InChI is InChI=1S/C13H16IN3O2.ClH/c1-8(15-2)6-12-16-13(19-17-12)10-5-4-9(18-3)7-11(10)14;/h4-5,7-8,15H,6H2,1-3H3;1H. The number of nitrogens with one attached hydrogen (secondary N) is 1. The fourth-order valence-corrected chi connectivity index (χ4v) is 2.34. The lowest BCUT2D eigenvalue weighted by molar-refractivity contribution is 0.412. The molecule has 0 saturated heterocycles. The van der Waals surface area contributed by atoms with Crippen molar-refractivity contribution in [2.75, 3.05) is 14.2 Å². The quantitative estimate of drug-likeness (QED) is 0.770. The van der Waals surface area contributed by atoms with E-state index in [1.807, 2.05) is 25.2 Å². The molecule has 0 spiro atoms. The van der Waals surface area contributed by atoms with Crippen molar-refractivity contribution in [2.24, 2.45) is 0 Å². The normalized spacial score (nSPS) is 11.8. The number of likely N-dealkylation sites (N-methyl/N-ethyl adjacent to an activating group) is 1. The number of methoxy groups -OCH3 is 1. The van der Waals surface area contributed by atoms with Crippen molar-refractivity contribution in [3.05, 3.63) is 27.6 Å². The molecule has 1 aromatic carbocycles. The summed E-state index contributed by atoms with van der Waals surface area (Å²) < 4.78 is 11.5. The average molecular weight is 410 g/mol. The van der Waals surface area contributed by atoms with Gasteiger partial charge in [-0.1, -0.05) is 5.16 Å². The second-order valence-electron chi connectivity index (χ2n) is 4.26. The molecule has 0 saturated carbocycles. The summed E-state index contributed by atoms with van der Waals surface area (Å²) in [6.07, 6.45) is 0.743. The summed E-state index contributed by atoms with van der Waals surface area (Å²) >= 11 is 2.23. The Morgan fingerprint density at radius 1 is 1.45 bits per heavy atom. The summed E-state index contributed by atoms with van der Waals surface area (Å²) in [6.45, 7) is 2.08. The third-order valence-corrected chi connectivity index (χ3v) is 3.75. The van der Waals surface area contributed by atoms with Crippen molar-refractivity contribution in [1.29, 1.82) is 0 Å². The third kappa shape index (κ3) is 4.07. The fraction of sp³-hybridized carbons (Fsp3) is 0.385. The van der Waals surface area contributed by atoms with Crippen molar-refractivity contribution in [1.82, 2.24) is 15.5 Å². The van der Waals surface area contributed by atoms with Crippen LogP contribution in [-0.2, 0) is 6.42 Å². The van der Waals surface area contributed by atoms with Crippen LogP contribution in [0, 0.1) is 3.57 Å². The zero-order chi connectivity index (χ0) is 13.8. The highest BCUT2D eigenvalue weighted by molar-refractivity contribution is 14.1. The van der Waals surface area contributed by atoms with Gasteiger partial charge in [0.2, 0.25) is 0 Å². The van der Waals surface area contributed by atoms with Gasteiger partial charge in [-0.15, -0.1) is 12.4 Å². The SMILES string of the molecule is CNC(C)Cc1noc(-c2ccc(OC)cc2I)n1.Cl. The summed E-state index contributed by atoms with van der Waals surface area (Å²) in [6, 6.07) is 6.08. The number of hydrogen-bond acceptors (Lipinski definition) is 5. The highest BCUT2D eigenvalue weighted by Crippen LogP contribution is 2.27.